The van der Waals surface area contributed by atoms with Crippen molar-refractivity contribution in [2.45, 2.75) is 20.0 Å². The van der Waals surface area contributed by atoms with Crippen LogP contribution in [-0.4, -0.2) is 30.9 Å². The van der Waals surface area contributed by atoms with Crippen molar-refractivity contribution in [1.29, 1.82) is 0 Å². The number of hydrogen-bond acceptors (Lipinski definition) is 3. The Morgan fingerprint density at radius 2 is 2.24 bits per heavy atom. The SMILES string of the molecule is C=CCNC[C@@H](O)COc1cccc(C)c1C. The summed E-state index contributed by atoms with van der Waals surface area (Å²) in [4.78, 5) is 0. The van der Waals surface area contributed by atoms with Crippen LogP contribution in [0.1, 0.15) is 11.1 Å². The number of hydrogen-bond donors (Lipinski definition) is 2. The molecule has 1 atom stereocenters. The quantitative estimate of drug-likeness (QED) is 0.559. The Morgan fingerprint density at radius 1 is 1.47 bits per heavy atom. The maximum atomic E-state index is 9.68. The Kier molecular flexibility index (Phi) is 5.73. The first-order chi connectivity index (χ1) is 8.15. The zero-order valence-corrected chi connectivity index (χ0v) is 10.6. The van der Waals surface area contributed by atoms with Gasteiger partial charge in [0.15, 0.2) is 0 Å². The predicted octanol–water partition coefficient (Wildman–Crippen LogP) is 1.82. The molecule has 1 aromatic carbocycles. The molecule has 0 saturated heterocycles. The Balaban J connectivity index is 2.39. The van der Waals surface area contributed by atoms with Crippen LogP contribution >= 0.6 is 0 Å². The lowest BCUT2D eigenvalue weighted by Gasteiger charge is -2.14. The molecule has 0 bridgehead atoms. The number of rotatable bonds is 7. The molecule has 0 aromatic heterocycles. The zero-order chi connectivity index (χ0) is 12.7. The van der Waals surface area contributed by atoms with Gasteiger partial charge in [-0.2, -0.15) is 0 Å². The molecule has 0 radical (unpaired) electrons. The van der Waals surface area contributed by atoms with Gasteiger partial charge in [0.25, 0.3) is 0 Å². The number of aryl methyl sites for hydroxylation is 1. The van der Waals surface area contributed by atoms with Gasteiger partial charge in [-0.3, -0.25) is 0 Å². The first-order valence-corrected chi connectivity index (χ1v) is 5.84. The summed E-state index contributed by atoms with van der Waals surface area (Å²) in [6, 6.07) is 5.93. The van der Waals surface area contributed by atoms with Crippen molar-refractivity contribution in [3.05, 3.63) is 42.0 Å². The van der Waals surface area contributed by atoms with Crippen LogP contribution in [0.3, 0.4) is 0 Å². The van der Waals surface area contributed by atoms with Crippen LogP contribution in [0.25, 0.3) is 0 Å². The van der Waals surface area contributed by atoms with Crippen LogP contribution in [0, 0.1) is 13.8 Å². The standard InChI is InChI=1S/C14H21NO2/c1-4-8-15-9-13(16)10-17-14-7-5-6-11(2)12(14)3/h4-7,13,15-16H,1,8-10H2,2-3H3/t13-/m1/s1. The van der Waals surface area contributed by atoms with E-state index >= 15 is 0 Å². The lowest BCUT2D eigenvalue weighted by molar-refractivity contribution is 0.107. The number of nitrogens with one attached hydrogen (secondary N) is 1. The van der Waals surface area contributed by atoms with Crippen LogP contribution in [0.5, 0.6) is 5.75 Å². The molecule has 2 N–H and O–H groups in total. The molecule has 0 amide bonds. The Morgan fingerprint density at radius 3 is 2.94 bits per heavy atom. The van der Waals surface area contributed by atoms with E-state index < -0.39 is 6.10 Å². The minimum absolute atomic E-state index is 0.300. The fourth-order valence-electron chi connectivity index (χ4n) is 1.48. The third kappa shape index (κ3) is 4.59. The van der Waals surface area contributed by atoms with E-state index in [9.17, 15) is 5.11 Å². The minimum atomic E-state index is -0.505. The molecule has 0 aliphatic carbocycles. The number of ether oxygens (including phenoxy) is 1. The van der Waals surface area contributed by atoms with E-state index in [4.69, 9.17) is 4.74 Å². The van der Waals surface area contributed by atoms with E-state index in [1.165, 1.54) is 5.56 Å². The molecule has 94 valence electrons. The molecule has 1 rings (SSSR count). The maximum absolute atomic E-state index is 9.68. The second-order valence-electron chi connectivity index (χ2n) is 4.11. The van der Waals surface area contributed by atoms with Gasteiger partial charge in [0, 0.05) is 13.1 Å². The van der Waals surface area contributed by atoms with Crippen molar-refractivity contribution in [2.24, 2.45) is 0 Å². The molecule has 0 fully saturated rings. The first-order valence-electron chi connectivity index (χ1n) is 5.84. The Hall–Kier alpha value is -1.32. The van der Waals surface area contributed by atoms with Crippen molar-refractivity contribution in [2.75, 3.05) is 19.7 Å². The molecule has 0 saturated carbocycles. The lowest BCUT2D eigenvalue weighted by Crippen LogP contribution is -2.31. The lowest BCUT2D eigenvalue weighted by atomic mass is 10.1. The van der Waals surface area contributed by atoms with Gasteiger partial charge in [0.05, 0.1) is 0 Å². The molecule has 0 aliphatic heterocycles. The van der Waals surface area contributed by atoms with Gasteiger partial charge >= 0.3 is 0 Å². The van der Waals surface area contributed by atoms with Gasteiger partial charge in [-0.1, -0.05) is 18.2 Å². The van der Waals surface area contributed by atoms with E-state index in [1.54, 1.807) is 6.08 Å². The molecular weight excluding hydrogens is 214 g/mol. The van der Waals surface area contributed by atoms with E-state index in [-0.39, 0.29) is 0 Å². The minimum Gasteiger partial charge on any atom is -0.491 e. The van der Waals surface area contributed by atoms with Crippen molar-refractivity contribution in [3.8, 4) is 5.75 Å². The van der Waals surface area contributed by atoms with Crippen molar-refractivity contribution >= 4 is 0 Å². The maximum Gasteiger partial charge on any atom is 0.122 e. The van der Waals surface area contributed by atoms with Crippen LogP contribution < -0.4 is 10.1 Å². The smallest absolute Gasteiger partial charge is 0.122 e. The van der Waals surface area contributed by atoms with Gasteiger partial charge in [-0.05, 0) is 31.0 Å². The highest BCUT2D eigenvalue weighted by Gasteiger charge is 2.06. The summed E-state index contributed by atoms with van der Waals surface area (Å²) in [6.07, 6.45) is 1.26. The third-order valence-corrected chi connectivity index (χ3v) is 2.65. The largest absolute Gasteiger partial charge is 0.491 e. The van der Waals surface area contributed by atoms with Crippen LogP contribution in [0.4, 0.5) is 0 Å². The summed E-state index contributed by atoms with van der Waals surface area (Å²) in [7, 11) is 0. The number of benzene rings is 1. The topological polar surface area (TPSA) is 41.5 Å². The normalized spacial score (nSPS) is 12.2. The highest BCUT2D eigenvalue weighted by molar-refractivity contribution is 5.38. The van der Waals surface area contributed by atoms with Gasteiger partial charge in [-0.15, -0.1) is 6.58 Å². The van der Waals surface area contributed by atoms with Crippen molar-refractivity contribution in [1.82, 2.24) is 5.32 Å². The molecule has 3 nitrogen and oxygen atoms in total. The fraction of sp³-hybridized carbons (Fsp3) is 0.429. The van der Waals surface area contributed by atoms with E-state index in [2.05, 4.69) is 11.9 Å². The number of aliphatic hydroxyl groups is 1. The average Bonchev–Trinajstić information content (AvgIpc) is 2.31. The molecule has 0 heterocycles. The summed E-state index contributed by atoms with van der Waals surface area (Å²) in [5, 5.41) is 12.7. The molecule has 0 spiro atoms. The van der Waals surface area contributed by atoms with Gasteiger partial charge in [-0.25, -0.2) is 0 Å². The average molecular weight is 235 g/mol. The monoisotopic (exact) mass is 235 g/mol. The molecule has 0 unspecified atom stereocenters. The zero-order valence-electron chi connectivity index (χ0n) is 10.6. The van der Waals surface area contributed by atoms with Crippen LogP contribution in [0.15, 0.2) is 30.9 Å². The molecular formula is C14H21NO2. The van der Waals surface area contributed by atoms with Gasteiger partial charge in [0.1, 0.15) is 18.5 Å². The van der Waals surface area contributed by atoms with Crippen LogP contribution in [0.2, 0.25) is 0 Å². The van der Waals surface area contributed by atoms with Gasteiger partial charge < -0.3 is 15.2 Å². The van der Waals surface area contributed by atoms with Crippen molar-refractivity contribution in [3.63, 3.8) is 0 Å². The summed E-state index contributed by atoms with van der Waals surface area (Å²) < 4.78 is 5.59. The van der Waals surface area contributed by atoms with Gasteiger partial charge in [0.2, 0.25) is 0 Å². The Labute approximate surface area is 103 Å². The molecule has 17 heavy (non-hydrogen) atoms. The first kappa shape index (κ1) is 13.7. The summed E-state index contributed by atoms with van der Waals surface area (Å²) in [5.74, 6) is 0.841. The highest BCUT2D eigenvalue weighted by atomic mass is 16.5. The number of aliphatic hydroxyl groups excluding tert-OH is 1. The predicted molar refractivity (Wildman–Crippen MR) is 70.5 cm³/mol. The third-order valence-electron chi connectivity index (χ3n) is 2.65. The van der Waals surface area contributed by atoms with E-state index in [0.29, 0.717) is 19.7 Å². The van der Waals surface area contributed by atoms with E-state index in [1.807, 2.05) is 32.0 Å². The summed E-state index contributed by atoms with van der Waals surface area (Å²) >= 11 is 0. The van der Waals surface area contributed by atoms with Crippen LogP contribution in [-0.2, 0) is 0 Å². The molecule has 0 aliphatic rings. The molecule has 1 aromatic rings. The molecule has 3 heteroatoms. The second kappa shape index (κ2) is 7.09. The summed E-state index contributed by atoms with van der Waals surface area (Å²) in [5.41, 5.74) is 2.32. The Bertz CT molecular complexity index is 363. The second-order valence-corrected chi connectivity index (χ2v) is 4.11. The fourth-order valence-corrected chi connectivity index (χ4v) is 1.48. The van der Waals surface area contributed by atoms with E-state index in [0.717, 1.165) is 11.3 Å². The highest BCUT2D eigenvalue weighted by Crippen LogP contribution is 2.20. The summed E-state index contributed by atoms with van der Waals surface area (Å²) in [6.45, 7) is 9.17. The van der Waals surface area contributed by atoms with Crippen molar-refractivity contribution < 1.29 is 9.84 Å².